The van der Waals surface area contributed by atoms with E-state index in [1.165, 1.54) is 0 Å². The summed E-state index contributed by atoms with van der Waals surface area (Å²) in [5, 5.41) is 0. The summed E-state index contributed by atoms with van der Waals surface area (Å²) >= 11 is 0. The monoisotopic (exact) mass is 238 g/mol. The Morgan fingerprint density at radius 2 is 1.80 bits per heavy atom. The SMILES string of the molecule is CCC(C)(CC)OC(=O)CCP(=O)(O)O. The second-order valence-corrected chi connectivity index (χ2v) is 5.55. The van der Waals surface area contributed by atoms with E-state index in [0.29, 0.717) is 12.8 Å². The van der Waals surface area contributed by atoms with Gasteiger partial charge in [-0.15, -0.1) is 0 Å². The average Bonchev–Trinajstić information content (AvgIpc) is 2.13. The Morgan fingerprint density at radius 3 is 2.13 bits per heavy atom. The fourth-order valence-electron chi connectivity index (χ4n) is 0.957. The first-order chi connectivity index (χ1) is 6.72. The number of hydrogen-bond donors (Lipinski definition) is 2. The maximum absolute atomic E-state index is 11.3. The van der Waals surface area contributed by atoms with Crippen LogP contribution in [-0.2, 0) is 14.1 Å². The lowest BCUT2D eigenvalue weighted by Gasteiger charge is -2.26. The van der Waals surface area contributed by atoms with E-state index in [1.807, 2.05) is 20.8 Å². The number of esters is 1. The molecule has 2 N–H and O–H groups in total. The van der Waals surface area contributed by atoms with Gasteiger partial charge in [-0.2, -0.15) is 0 Å². The molecule has 0 saturated heterocycles. The van der Waals surface area contributed by atoms with Gasteiger partial charge in [-0.05, 0) is 19.8 Å². The summed E-state index contributed by atoms with van der Waals surface area (Å²) in [6, 6.07) is 0. The van der Waals surface area contributed by atoms with Crippen LogP contribution in [0, 0.1) is 0 Å². The smallest absolute Gasteiger partial charge is 0.326 e. The quantitative estimate of drug-likeness (QED) is 0.543. The number of rotatable bonds is 6. The minimum absolute atomic E-state index is 0.236. The van der Waals surface area contributed by atoms with Crippen LogP contribution in [-0.4, -0.2) is 27.5 Å². The number of carbonyl (C=O) groups excluding carboxylic acids is 1. The zero-order chi connectivity index (χ0) is 12.1. The summed E-state index contributed by atoms with van der Waals surface area (Å²) in [6.45, 7) is 5.61. The normalized spacial score (nSPS) is 12.6. The molecule has 0 fully saturated rings. The van der Waals surface area contributed by atoms with Crippen molar-refractivity contribution in [3.63, 3.8) is 0 Å². The van der Waals surface area contributed by atoms with Crippen molar-refractivity contribution in [1.29, 1.82) is 0 Å². The molecule has 5 nitrogen and oxygen atoms in total. The molecular formula is C9H19O5P. The van der Waals surface area contributed by atoms with Crippen molar-refractivity contribution >= 4 is 13.6 Å². The van der Waals surface area contributed by atoms with Crippen molar-refractivity contribution in [1.82, 2.24) is 0 Å². The summed E-state index contributed by atoms with van der Waals surface area (Å²) in [5.74, 6) is -0.551. The third-order valence-corrected chi connectivity index (χ3v) is 3.27. The third kappa shape index (κ3) is 6.66. The van der Waals surface area contributed by atoms with Crippen LogP contribution in [0.5, 0.6) is 0 Å². The van der Waals surface area contributed by atoms with Gasteiger partial charge in [0.15, 0.2) is 0 Å². The highest BCUT2D eigenvalue weighted by molar-refractivity contribution is 7.51. The standard InChI is InChI=1S/C9H19O5P/c1-4-9(3,5-2)14-8(10)6-7-15(11,12)13/h4-7H2,1-3H3,(H2,11,12,13). The Morgan fingerprint density at radius 1 is 1.33 bits per heavy atom. The molecule has 15 heavy (non-hydrogen) atoms. The zero-order valence-corrected chi connectivity index (χ0v) is 10.3. The first-order valence-corrected chi connectivity index (χ1v) is 6.78. The van der Waals surface area contributed by atoms with Crippen molar-refractivity contribution in [2.45, 2.75) is 45.6 Å². The van der Waals surface area contributed by atoms with E-state index >= 15 is 0 Å². The van der Waals surface area contributed by atoms with Crippen molar-refractivity contribution in [3.8, 4) is 0 Å². The van der Waals surface area contributed by atoms with E-state index < -0.39 is 25.3 Å². The van der Waals surface area contributed by atoms with Crippen LogP contribution in [0.3, 0.4) is 0 Å². The molecule has 0 aromatic rings. The van der Waals surface area contributed by atoms with Crippen molar-refractivity contribution in [2.75, 3.05) is 6.16 Å². The first-order valence-electron chi connectivity index (χ1n) is 4.99. The first kappa shape index (κ1) is 14.6. The van der Waals surface area contributed by atoms with Crippen LogP contribution in [0.25, 0.3) is 0 Å². The minimum atomic E-state index is -4.10. The van der Waals surface area contributed by atoms with E-state index in [-0.39, 0.29) is 6.42 Å². The molecule has 0 amide bonds. The maximum atomic E-state index is 11.3. The molecule has 0 aromatic heterocycles. The number of hydrogen-bond acceptors (Lipinski definition) is 3. The molecule has 0 aliphatic rings. The topological polar surface area (TPSA) is 83.8 Å². The molecule has 90 valence electrons. The van der Waals surface area contributed by atoms with Crippen LogP contribution in [0.4, 0.5) is 0 Å². The molecule has 0 spiro atoms. The van der Waals surface area contributed by atoms with Gasteiger partial charge in [0.2, 0.25) is 0 Å². The van der Waals surface area contributed by atoms with E-state index in [4.69, 9.17) is 14.5 Å². The zero-order valence-electron chi connectivity index (χ0n) is 9.39. The number of ether oxygens (including phenoxy) is 1. The fraction of sp³-hybridized carbons (Fsp3) is 0.889. The molecule has 0 bridgehead atoms. The second-order valence-electron chi connectivity index (χ2n) is 3.77. The van der Waals surface area contributed by atoms with Crippen LogP contribution in [0.2, 0.25) is 0 Å². The van der Waals surface area contributed by atoms with Crippen molar-refractivity contribution in [2.24, 2.45) is 0 Å². The lowest BCUT2D eigenvalue weighted by molar-refractivity contribution is -0.158. The van der Waals surface area contributed by atoms with Gasteiger partial charge in [0.1, 0.15) is 5.60 Å². The van der Waals surface area contributed by atoms with Crippen molar-refractivity contribution < 1.29 is 23.9 Å². The molecule has 6 heteroatoms. The largest absolute Gasteiger partial charge is 0.459 e. The average molecular weight is 238 g/mol. The van der Waals surface area contributed by atoms with Gasteiger partial charge in [0.25, 0.3) is 0 Å². The van der Waals surface area contributed by atoms with Crippen LogP contribution < -0.4 is 0 Å². The minimum Gasteiger partial charge on any atom is -0.459 e. The van der Waals surface area contributed by atoms with Crippen LogP contribution in [0.1, 0.15) is 40.0 Å². The van der Waals surface area contributed by atoms with Gasteiger partial charge in [0, 0.05) is 0 Å². The lowest BCUT2D eigenvalue weighted by Crippen LogP contribution is -2.30. The predicted octanol–water partition coefficient (Wildman–Crippen LogP) is 1.68. The van der Waals surface area contributed by atoms with Crippen LogP contribution >= 0.6 is 7.60 Å². The van der Waals surface area contributed by atoms with Crippen molar-refractivity contribution in [3.05, 3.63) is 0 Å². The Hall–Kier alpha value is -0.380. The van der Waals surface area contributed by atoms with Gasteiger partial charge in [-0.1, -0.05) is 13.8 Å². The maximum Gasteiger partial charge on any atom is 0.326 e. The van der Waals surface area contributed by atoms with E-state index in [1.54, 1.807) is 0 Å². The summed E-state index contributed by atoms with van der Waals surface area (Å²) in [4.78, 5) is 28.4. The molecule has 0 heterocycles. The third-order valence-electron chi connectivity index (χ3n) is 2.46. The van der Waals surface area contributed by atoms with E-state index in [0.717, 1.165) is 0 Å². The highest BCUT2D eigenvalue weighted by Gasteiger charge is 2.25. The predicted molar refractivity (Wildman–Crippen MR) is 56.6 cm³/mol. The van der Waals surface area contributed by atoms with Gasteiger partial charge < -0.3 is 14.5 Å². The fourth-order valence-corrected chi connectivity index (χ4v) is 1.43. The molecule has 0 unspecified atom stereocenters. The molecule has 0 aliphatic carbocycles. The summed E-state index contributed by atoms with van der Waals surface area (Å²) < 4.78 is 15.7. The number of carbonyl (C=O) groups is 1. The second kappa shape index (κ2) is 5.64. The molecule has 0 aromatic carbocycles. The Bertz CT molecular complexity index is 253. The van der Waals surface area contributed by atoms with Crippen LogP contribution in [0.15, 0.2) is 0 Å². The molecule has 0 radical (unpaired) electrons. The Balaban J connectivity index is 4.09. The molecule has 0 saturated carbocycles. The molecule has 0 rings (SSSR count). The summed E-state index contributed by atoms with van der Waals surface area (Å²) in [5.41, 5.74) is -0.522. The Kier molecular flexibility index (Phi) is 5.49. The van der Waals surface area contributed by atoms with Gasteiger partial charge in [-0.3, -0.25) is 9.36 Å². The molecule has 0 aliphatic heterocycles. The van der Waals surface area contributed by atoms with Gasteiger partial charge in [0.05, 0.1) is 12.6 Å². The Labute approximate surface area is 90.0 Å². The highest BCUT2D eigenvalue weighted by Crippen LogP contribution is 2.35. The molecular weight excluding hydrogens is 219 g/mol. The van der Waals surface area contributed by atoms with Gasteiger partial charge in [-0.25, -0.2) is 0 Å². The molecule has 0 atom stereocenters. The lowest BCUT2D eigenvalue weighted by atomic mass is 10.0. The van der Waals surface area contributed by atoms with Gasteiger partial charge >= 0.3 is 13.6 Å². The van der Waals surface area contributed by atoms with E-state index in [2.05, 4.69) is 0 Å². The van der Waals surface area contributed by atoms with E-state index in [9.17, 15) is 9.36 Å². The summed E-state index contributed by atoms with van der Waals surface area (Å²) in [6.07, 6.45) is 0.686. The summed E-state index contributed by atoms with van der Waals surface area (Å²) in [7, 11) is -4.10. The highest BCUT2D eigenvalue weighted by atomic mass is 31.2.